The number of rotatable bonds is 6. The number of hydrogen-bond acceptors (Lipinski definition) is 4. The average Bonchev–Trinajstić information content (AvgIpc) is 2.75. The minimum Gasteiger partial charge on any atom is -0.419 e. The van der Waals surface area contributed by atoms with Crippen molar-refractivity contribution in [1.29, 1.82) is 0 Å². The Kier molecular flexibility index (Phi) is 6.25. The predicted octanol–water partition coefficient (Wildman–Crippen LogP) is 5.59. The Bertz CT molecular complexity index is 984. The van der Waals surface area contributed by atoms with E-state index in [1.165, 1.54) is 0 Å². The molecular formula is C23H17ClO4. The summed E-state index contributed by atoms with van der Waals surface area (Å²) >= 11 is 6.20. The molecule has 0 saturated heterocycles. The molecule has 3 aromatic carbocycles. The van der Waals surface area contributed by atoms with Crippen LogP contribution >= 0.6 is 11.6 Å². The van der Waals surface area contributed by atoms with E-state index in [9.17, 15) is 9.59 Å². The van der Waals surface area contributed by atoms with Crippen molar-refractivity contribution in [3.8, 4) is 11.5 Å². The molecule has 3 aromatic rings. The molecular weight excluding hydrogens is 376 g/mol. The van der Waals surface area contributed by atoms with E-state index in [0.717, 1.165) is 0 Å². The number of ether oxygens (including phenoxy) is 2. The normalized spacial score (nSPS) is 11.3. The first-order valence-electron chi connectivity index (χ1n) is 8.53. The van der Waals surface area contributed by atoms with E-state index in [4.69, 9.17) is 21.1 Å². The first-order chi connectivity index (χ1) is 13.6. The number of allylic oxidation sites excluding steroid dienone is 1. The van der Waals surface area contributed by atoms with Crippen LogP contribution < -0.4 is 9.47 Å². The SMILES string of the molecule is C=CC(Cl)c1ccc(OC(=O)c2ccccc2)c(OC(=O)c2ccccc2)c1. The van der Waals surface area contributed by atoms with E-state index in [0.29, 0.717) is 16.7 Å². The van der Waals surface area contributed by atoms with Crippen LogP contribution in [0.3, 0.4) is 0 Å². The zero-order chi connectivity index (χ0) is 19.9. The highest BCUT2D eigenvalue weighted by molar-refractivity contribution is 6.22. The Labute approximate surface area is 168 Å². The molecule has 0 aromatic heterocycles. The maximum Gasteiger partial charge on any atom is 0.343 e. The molecule has 0 saturated carbocycles. The van der Waals surface area contributed by atoms with Gasteiger partial charge in [-0.05, 0) is 42.0 Å². The highest BCUT2D eigenvalue weighted by Gasteiger charge is 2.18. The van der Waals surface area contributed by atoms with Gasteiger partial charge in [-0.25, -0.2) is 9.59 Å². The first-order valence-corrected chi connectivity index (χ1v) is 8.97. The van der Waals surface area contributed by atoms with Crippen molar-refractivity contribution in [2.24, 2.45) is 0 Å². The van der Waals surface area contributed by atoms with Crippen LogP contribution in [0.25, 0.3) is 0 Å². The second-order valence-electron chi connectivity index (χ2n) is 5.85. The zero-order valence-electron chi connectivity index (χ0n) is 14.9. The number of alkyl halides is 1. The smallest absolute Gasteiger partial charge is 0.343 e. The van der Waals surface area contributed by atoms with Gasteiger partial charge in [0.15, 0.2) is 11.5 Å². The summed E-state index contributed by atoms with van der Waals surface area (Å²) in [5, 5.41) is -0.479. The fourth-order valence-electron chi connectivity index (χ4n) is 2.46. The number of halogens is 1. The quantitative estimate of drug-likeness (QED) is 0.237. The monoisotopic (exact) mass is 392 g/mol. The van der Waals surface area contributed by atoms with Gasteiger partial charge >= 0.3 is 11.9 Å². The van der Waals surface area contributed by atoms with Crippen molar-refractivity contribution in [2.75, 3.05) is 0 Å². The molecule has 0 radical (unpaired) electrons. The van der Waals surface area contributed by atoms with Gasteiger partial charge in [0.1, 0.15) is 0 Å². The maximum atomic E-state index is 12.5. The highest BCUT2D eigenvalue weighted by Crippen LogP contribution is 2.34. The number of hydrogen-bond donors (Lipinski definition) is 0. The minimum absolute atomic E-state index is 0.100. The lowest BCUT2D eigenvalue weighted by molar-refractivity contribution is 0.0682. The van der Waals surface area contributed by atoms with Crippen LogP contribution in [-0.4, -0.2) is 11.9 Å². The van der Waals surface area contributed by atoms with E-state index in [1.807, 2.05) is 0 Å². The minimum atomic E-state index is -0.570. The van der Waals surface area contributed by atoms with Crippen molar-refractivity contribution < 1.29 is 19.1 Å². The van der Waals surface area contributed by atoms with Crippen LogP contribution in [0.4, 0.5) is 0 Å². The molecule has 1 atom stereocenters. The Hall–Kier alpha value is -3.37. The molecule has 28 heavy (non-hydrogen) atoms. The summed E-state index contributed by atoms with van der Waals surface area (Å²) in [6, 6.07) is 21.9. The number of carbonyl (C=O) groups is 2. The van der Waals surface area contributed by atoms with E-state index < -0.39 is 17.3 Å². The number of carbonyl (C=O) groups excluding carboxylic acids is 2. The summed E-state index contributed by atoms with van der Waals surface area (Å²) in [7, 11) is 0. The molecule has 0 fully saturated rings. The van der Waals surface area contributed by atoms with E-state index >= 15 is 0 Å². The largest absolute Gasteiger partial charge is 0.419 e. The fourth-order valence-corrected chi connectivity index (χ4v) is 2.60. The van der Waals surface area contributed by atoms with Crippen LogP contribution in [0.2, 0.25) is 0 Å². The Balaban J connectivity index is 1.91. The van der Waals surface area contributed by atoms with Crippen molar-refractivity contribution in [2.45, 2.75) is 5.38 Å². The van der Waals surface area contributed by atoms with Crippen LogP contribution in [0.1, 0.15) is 31.7 Å². The lowest BCUT2D eigenvalue weighted by atomic mass is 10.1. The van der Waals surface area contributed by atoms with Gasteiger partial charge in [-0.3, -0.25) is 0 Å². The fraction of sp³-hybridized carbons (Fsp3) is 0.0435. The average molecular weight is 393 g/mol. The molecule has 3 rings (SSSR count). The number of benzene rings is 3. The van der Waals surface area contributed by atoms with Gasteiger partial charge in [0.05, 0.1) is 16.5 Å². The second-order valence-corrected chi connectivity index (χ2v) is 6.32. The first kappa shape index (κ1) is 19.4. The van der Waals surface area contributed by atoms with E-state index in [-0.39, 0.29) is 11.5 Å². The Morgan fingerprint density at radius 1 is 0.786 bits per heavy atom. The summed E-state index contributed by atoms with van der Waals surface area (Å²) in [5.41, 5.74) is 1.42. The van der Waals surface area contributed by atoms with Crippen LogP contribution in [0.15, 0.2) is 91.5 Å². The molecule has 0 bridgehead atoms. The molecule has 0 heterocycles. The van der Waals surface area contributed by atoms with Crippen molar-refractivity contribution in [3.05, 3.63) is 108 Å². The molecule has 0 N–H and O–H groups in total. The van der Waals surface area contributed by atoms with E-state index in [2.05, 4.69) is 6.58 Å². The molecule has 0 spiro atoms. The molecule has 1 unspecified atom stereocenters. The molecule has 0 amide bonds. The van der Waals surface area contributed by atoms with Crippen LogP contribution in [0, 0.1) is 0 Å². The third-order valence-electron chi connectivity index (χ3n) is 3.92. The van der Waals surface area contributed by atoms with Gasteiger partial charge in [0.2, 0.25) is 0 Å². The van der Waals surface area contributed by atoms with Gasteiger partial charge < -0.3 is 9.47 Å². The molecule has 0 aliphatic carbocycles. The van der Waals surface area contributed by atoms with Gasteiger partial charge in [0.25, 0.3) is 0 Å². The predicted molar refractivity (Wildman–Crippen MR) is 108 cm³/mol. The second kappa shape index (κ2) is 9.02. The van der Waals surface area contributed by atoms with Crippen molar-refractivity contribution >= 4 is 23.5 Å². The van der Waals surface area contributed by atoms with Crippen LogP contribution in [-0.2, 0) is 0 Å². The van der Waals surface area contributed by atoms with Crippen LogP contribution in [0.5, 0.6) is 11.5 Å². The summed E-state index contributed by atoms with van der Waals surface area (Å²) in [6.45, 7) is 3.66. The van der Waals surface area contributed by atoms with Gasteiger partial charge in [-0.2, -0.15) is 0 Å². The summed E-state index contributed by atoms with van der Waals surface area (Å²) in [4.78, 5) is 24.8. The highest BCUT2D eigenvalue weighted by atomic mass is 35.5. The Morgan fingerprint density at radius 3 is 1.79 bits per heavy atom. The topological polar surface area (TPSA) is 52.6 Å². The lowest BCUT2D eigenvalue weighted by Gasteiger charge is -2.13. The van der Waals surface area contributed by atoms with Crippen molar-refractivity contribution in [1.82, 2.24) is 0 Å². The standard InChI is InChI=1S/C23H17ClO4/c1-2-19(24)18-13-14-20(27-22(25)16-9-5-3-6-10-16)21(15-18)28-23(26)17-11-7-4-8-12-17/h2-15,19H,1H2. The maximum absolute atomic E-state index is 12.5. The molecule has 4 nitrogen and oxygen atoms in total. The number of esters is 2. The van der Waals surface area contributed by atoms with Crippen molar-refractivity contribution in [3.63, 3.8) is 0 Å². The third-order valence-corrected chi connectivity index (χ3v) is 4.35. The molecule has 0 aliphatic rings. The molecule has 5 heteroatoms. The molecule has 140 valence electrons. The molecule has 0 aliphatic heterocycles. The van der Waals surface area contributed by atoms with E-state index in [1.54, 1.807) is 84.9 Å². The van der Waals surface area contributed by atoms with Gasteiger partial charge in [-0.1, -0.05) is 48.5 Å². The summed E-state index contributed by atoms with van der Waals surface area (Å²) in [5.74, 6) is -0.908. The zero-order valence-corrected chi connectivity index (χ0v) is 15.6. The third kappa shape index (κ3) is 4.67. The Morgan fingerprint density at radius 2 is 1.29 bits per heavy atom. The van der Waals surface area contributed by atoms with Gasteiger partial charge in [0, 0.05) is 0 Å². The lowest BCUT2D eigenvalue weighted by Crippen LogP contribution is -2.13. The summed E-state index contributed by atoms with van der Waals surface area (Å²) < 4.78 is 10.9. The summed E-state index contributed by atoms with van der Waals surface area (Å²) in [6.07, 6.45) is 1.55. The van der Waals surface area contributed by atoms with Gasteiger partial charge in [-0.15, -0.1) is 18.2 Å².